The lowest BCUT2D eigenvalue weighted by Gasteiger charge is -2.14. The fraction of sp³-hybridized carbons (Fsp3) is 0.133. The van der Waals surface area contributed by atoms with Crippen LogP contribution in [0, 0.1) is 0 Å². The number of hydrazone groups is 1. The van der Waals surface area contributed by atoms with Gasteiger partial charge >= 0.3 is 12.8 Å². The highest BCUT2D eigenvalue weighted by molar-refractivity contribution is 6.03. The van der Waals surface area contributed by atoms with E-state index >= 15 is 0 Å². The summed E-state index contributed by atoms with van der Waals surface area (Å²) < 4.78 is 66.8. The Morgan fingerprint density at radius 3 is 2.27 bits per heavy atom. The van der Waals surface area contributed by atoms with E-state index in [1.54, 1.807) is 0 Å². The van der Waals surface area contributed by atoms with Crippen LogP contribution in [0.4, 0.5) is 33.3 Å². The van der Waals surface area contributed by atoms with Gasteiger partial charge in [-0.1, -0.05) is 0 Å². The van der Waals surface area contributed by atoms with Gasteiger partial charge in [0.2, 0.25) is 0 Å². The lowest BCUT2D eigenvalue weighted by atomic mass is 10.1. The molecule has 2 aromatic rings. The van der Waals surface area contributed by atoms with Crippen LogP contribution in [0.15, 0.2) is 47.6 Å². The molecule has 0 aromatic heterocycles. The molecule has 2 rings (SSSR count). The number of anilines is 2. The summed E-state index contributed by atoms with van der Waals surface area (Å²) in [6.45, 7) is -3.04. The number of rotatable bonds is 6. The molecule has 140 valence electrons. The van der Waals surface area contributed by atoms with Crippen molar-refractivity contribution in [2.75, 3.05) is 5.32 Å². The molecule has 0 unspecified atom stereocenters. The summed E-state index contributed by atoms with van der Waals surface area (Å²) in [5.41, 5.74) is 7.63. The zero-order valence-electron chi connectivity index (χ0n) is 13.0. The second-order valence-corrected chi connectivity index (χ2v) is 4.91. The Kier molecular flexibility index (Phi) is 5.82. The molecule has 0 fully saturated rings. The van der Waals surface area contributed by atoms with Crippen LogP contribution < -0.4 is 27.2 Å². The van der Waals surface area contributed by atoms with E-state index in [2.05, 4.69) is 15.2 Å². The van der Waals surface area contributed by atoms with Crippen molar-refractivity contribution in [1.82, 2.24) is 5.53 Å². The van der Waals surface area contributed by atoms with Crippen molar-refractivity contribution in [1.29, 1.82) is 0 Å². The normalized spacial score (nSPS) is 12.2. The van der Waals surface area contributed by atoms with Gasteiger partial charge in [0, 0.05) is 16.9 Å². The van der Waals surface area contributed by atoms with Crippen LogP contribution in [0.3, 0.4) is 0 Å². The number of hydrogen-bond donors (Lipinski definition) is 4. The molecular weight excluding hydrogens is 361 g/mol. The van der Waals surface area contributed by atoms with Crippen LogP contribution in [-0.2, 0) is 6.18 Å². The predicted octanol–water partition coefficient (Wildman–Crippen LogP) is 3.13. The van der Waals surface area contributed by atoms with Crippen LogP contribution in [-0.4, -0.2) is 12.4 Å². The van der Waals surface area contributed by atoms with E-state index < -0.39 is 18.4 Å². The smallest absolute Gasteiger partial charge is 0.416 e. The molecule has 0 saturated carbocycles. The number of nitrogens with one attached hydrogen (secondary N) is 2. The fourth-order valence-electron chi connectivity index (χ4n) is 2.05. The van der Waals surface area contributed by atoms with Gasteiger partial charge in [-0.15, -0.1) is 5.10 Å². The minimum absolute atomic E-state index is 0.151. The van der Waals surface area contributed by atoms with E-state index in [0.29, 0.717) is 11.4 Å². The number of nitrogens with two attached hydrogens (primary N) is 2. The monoisotopic (exact) mass is 375 g/mol. The van der Waals surface area contributed by atoms with Crippen LogP contribution in [0.25, 0.3) is 0 Å². The zero-order chi connectivity index (χ0) is 19.3. The summed E-state index contributed by atoms with van der Waals surface area (Å²) in [6.07, 6.45) is -4.46. The second-order valence-electron chi connectivity index (χ2n) is 4.91. The molecular formula is C15H14F5N5O. The van der Waals surface area contributed by atoms with Crippen molar-refractivity contribution in [3.8, 4) is 5.75 Å². The molecule has 6 nitrogen and oxygen atoms in total. The molecule has 0 heterocycles. The van der Waals surface area contributed by atoms with E-state index in [1.165, 1.54) is 30.3 Å². The largest absolute Gasteiger partial charge is 0.435 e. The van der Waals surface area contributed by atoms with Gasteiger partial charge in [0.05, 0.1) is 5.56 Å². The Hall–Kier alpha value is -3.08. The van der Waals surface area contributed by atoms with Crippen molar-refractivity contribution in [3.05, 3.63) is 53.6 Å². The Balaban J connectivity index is 2.34. The highest BCUT2D eigenvalue weighted by atomic mass is 19.4. The van der Waals surface area contributed by atoms with Crippen LogP contribution in [0.5, 0.6) is 5.75 Å². The molecule has 0 atom stereocenters. The molecule has 0 bridgehead atoms. The van der Waals surface area contributed by atoms with E-state index in [9.17, 15) is 22.0 Å². The molecule has 0 aliphatic rings. The Morgan fingerprint density at radius 2 is 1.73 bits per heavy atom. The molecule has 6 N–H and O–H groups in total. The molecule has 26 heavy (non-hydrogen) atoms. The number of hydrogen-bond acceptors (Lipinski definition) is 5. The van der Waals surface area contributed by atoms with Crippen LogP contribution >= 0.6 is 0 Å². The number of amidine groups is 1. The van der Waals surface area contributed by atoms with Gasteiger partial charge in [0.25, 0.3) is 0 Å². The molecule has 11 heteroatoms. The molecule has 0 saturated heterocycles. The van der Waals surface area contributed by atoms with Gasteiger partial charge in [0.15, 0.2) is 5.84 Å². The van der Waals surface area contributed by atoms with Gasteiger partial charge < -0.3 is 15.8 Å². The first-order valence-electron chi connectivity index (χ1n) is 7.03. The Labute approximate surface area is 144 Å². The second kappa shape index (κ2) is 7.87. The van der Waals surface area contributed by atoms with Crippen LogP contribution in [0.1, 0.15) is 11.1 Å². The van der Waals surface area contributed by atoms with E-state index in [4.69, 9.17) is 11.6 Å². The zero-order valence-corrected chi connectivity index (χ0v) is 13.0. The molecule has 0 aliphatic heterocycles. The minimum Gasteiger partial charge on any atom is -0.435 e. The average molecular weight is 375 g/mol. The summed E-state index contributed by atoms with van der Waals surface area (Å²) >= 11 is 0. The molecule has 0 amide bonds. The SMILES string of the molecule is NN/N=C(\N)c1cc(OC(F)F)ccc1Nc1ccc(C(F)(F)F)cc1. The van der Waals surface area contributed by atoms with E-state index in [-0.39, 0.29) is 17.1 Å². The van der Waals surface area contributed by atoms with Crippen molar-refractivity contribution in [2.24, 2.45) is 16.7 Å². The topological polar surface area (TPSA) is 97.7 Å². The summed E-state index contributed by atoms with van der Waals surface area (Å²) in [7, 11) is 0. The molecule has 0 aliphatic carbocycles. The number of halogens is 5. The molecule has 0 radical (unpaired) electrons. The lowest BCUT2D eigenvalue weighted by Crippen LogP contribution is -2.23. The summed E-state index contributed by atoms with van der Waals surface area (Å²) in [5, 5.41) is 6.39. The molecule has 2 aromatic carbocycles. The first-order valence-corrected chi connectivity index (χ1v) is 7.03. The van der Waals surface area contributed by atoms with Gasteiger partial charge in [-0.2, -0.15) is 22.0 Å². The highest BCUT2D eigenvalue weighted by Crippen LogP contribution is 2.31. The standard InChI is InChI=1S/C15H14F5N5O/c16-14(17)26-10-5-6-12(11(7-10)13(21)24-25-22)23-9-3-1-8(2-4-9)15(18,19)20/h1-7,14,23,25H,22H2,(H2,21,24). The average Bonchev–Trinajstić information content (AvgIpc) is 2.55. The number of ether oxygens (including phenoxy) is 1. The summed E-state index contributed by atoms with van der Waals surface area (Å²) in [6, 6.07) is 8.02. The van der Waals surface area contributed by atoms with Crippen molar-refractivity contribution in [3.63, 3.8) is 0 Å². The summed E-state index contributed by atoms with van der Waals surface area (Å²) in [4.78, 5) is 0. The van der Waals surface area contributed by atoms with E-state index in [1.807, 2.05) is 5.53 Å². The maximum atomic E-state index is 12.6. The van der Waals surface area contributed by atoms with Gasteiger partial charge in [-0.25, -0.2) is 11.4 Å². The first kappa shape index (κ1) is 19.2. The van der Waals surface area contributed by atoms with E-state index in [0.717, 1.165) is 12.1 Å². The van der Waals surface area contributed by atoms with Crippen LogP contribution in [0.2, 0.25) is 0 Å². The fourth-order valence-corrected chi connectivity index (χ4v) is 2.05. The minimum atomic E-state index is -4.46. The third-order valence-corrected chi connectivity index (χ3v) is 3.17. The molecule has 0 spiro atoms. The lowest BCUT2D eigenvalue weighted by molar-refractivity contribution is -0.137. The number of benzene rings is 2. The highest BCUT2D eigenvalue weighted by Gasteiger charge is 2.29. The number of nitrogens with zero attached hydrogens (tertiary/aromatic N) is 1. The third-order valence-electron chi connectivity index (χ3n) is 3.17. The Bertz CT molecular complexity index is 777. The quantitative estimate of drug-likeness (QED) is 0.204. The van der Waals surface area contributed by atoms with Gasteiger partial charge in [0.1, 0.15) is 5.75 Å². The van der Waals surface area contributed by atoms with Crippen molar-refractivity contribution in [2.45, 2.75) is 12.8 Å². The van der Waals surface area contributed by atoms with Crippen molar-refractivity contribution < 1.29 is 26.7 Å². The number of alkyl halides is 5. The van der Waals surface area contributed by atoms with Gasteiger partial charge in [-0.05, 0) is 42.5 Å². The third kappa shape index (κ3) is 4.96. The first-order chi connectivity index (χ1) is 12.2. The Morgan fingerprint density at radius 1 is 1.08 bits per heavy atom. The van der Waals surface area contributed by atoms with Gasteiger partial charge in [-0.3, -0.25) is 0 Å². The van der Waals surface area contributed by atoms with Crippen molar-refractivity contribution >= 4 is 17.2 Å². The summed E-state index contributed by atoms with van der Waals surface area (Å²) in [5.74, 6) is 4.72. The number of hydrazine groups is 1. The predicted molar refractivity (Wildman–Crippen MR) is 85.8 cm³/mol. The maximum absolute atomic E-state index is 12.6. The maximum Gasteiger partial charge on any atom is 0.416 e.